The molecule has 2 N–H and O–H groups in total. The van der Waals surface area contributed by atoms with Crippen molar-refractivity contribution in [3.63, 3.8) is 0 Å². The third kappa shape index (κ3) is 2.92. The molecule has 0 aliphatic carbocycles. The molecule has 88 valence electrons. The third-order valence-corrected chi connectivity index (χ3v) is 2.11. The molecule has 0 atom stereocenters. The van der Waals surface area contributed by atoms with E-state index in [0.29, 0.717) is 11.6 Å². The van der Waals surface area contributed by atoms with Gasteiger partial charge in [-0.1, -0.05) is 0 Å². The molecule has 0 saturated heterocycles. The summed E-state index contributed by atoms with van der Waals surface area (Å²) in [6.07, 6.45) is 3.09. The normalized spacial score (nSPS) is 10.2. The Hall–Kier alpha value is -2.14. The molecule has 1 aromatic carbocycles. The van der Waals surface area contributed by atoms with E-state index in [9.17, 15) is 0 Å². The molecule has 0 unspecified atom stereocenters. The highest BCUT2D eigenvalue weighted by molar-refractivity contribution is 5.55. The van der Waals surface area contributed by atoms with Crippen molar-refractivity contribution in [1.29, 1.82) is 0 Å². The number of nitrogens with zero attached hydrogens (tertiary/aromatic N) is 2. The summed E-state index contributed by atoms with van der Waals surface area (Å²) in [5, 5.41) is 17.8. The molecule has 0 radical (unpaired) electrons. The van der Waals surface area contributed by atoms with Crippen molar-refractivity contribution < 1.29 is 14.9 Å². The highest BCUT2D eigenvalue weighted by Gasteiger charge is 2.01. The average Bonchev–Trinajstić information content (AvgIpc) is 2.38. The summed E-state index contributed by atoms with van der Waals surface area (Å²) in [5.74, 6) is 1.28. The first kappa shape index (κ1) is 11.3. The minimum atomic E-state index is -0.0420. The maximum Gasteiger partial charge on any atom is 0.159 e. The van der Waals surface area contributed by atoms with Crippen LogP contribution in [0.2, 0.25) is 0 Å². The Kier molecular flexibility index (Phi) is 3.52. The number of aliphatic hydroxyl groups excluding tert-OH is 1. The van der Waals surface area contributed by atoms with Gasteiger partial charge in [0.25, 0.3) is 0 Å². The fourth-order valence-electron chi connectivity index (χ4n) is 1.31. The Bertz CT molecular complexity index is 468. The van der Waals surface area contributed by atoms with Crippen LogP contribution in [0.15, 0.2) is 36.7 Å². The van der Waals surface area contributed by atoms with Crippen LogP contribution in [0.4, 0.5) is 0 Å². The number of aromatic hydroxyl groups is 1. The van der Waals surface area contributed by atoms with Crippen molar-refractivity contribution in [2.24, 2.45) is 0 Å². The SMILES string of the molecule is OCCOc1cnc(-c2ccc(O)cc2)nc1. The van der Waals surface area contributed by atoms with E-state index < -0.39 is 0 Å². The summed E-state index contributed by atoms with van der Waals surface area (Å²) >= 11 is 0. The van der Waals surface area contributed by atoms with Crippen LogP contribution in [0.1, 0.15) is 0 Å². The number of phenols is 1. The molecule has 0 saturated carbocycles. The zero-order valence-corrected chi connectivity index (χ0v) is 9.08. The summed E-state index contributed by atoms with van der Waals surface area (Å²) in [6.45, 7) is 0.182. The topological polar surface area (TPSA) is 75.5 Å². The molecule has 0 fully saturated rings. The van der Waals surface area contributed by atoms with E-state index in [4.69, 9.17) is 14.9 Å². The van der Waals surface area contributed by atoms with E-state index >= 15 is 0 Å². The molecule has 0 bridgehead atoms. The first-order valence-electron chi connectivity index (χ1n) is 5.14. The summed E-state index contributed by atoms with van der Waals surface area (Å²) in [6, 6.07) is 6.63. The minimum Gasteiger partial charge on any atom is -0.508 e. The molecule has 0 amide bonds. The zero-order chi connectivity index (χ0) is 12.1. The molecular formula is C12H12N2O3. The van der Waals surface area contributed by atoms with E-state index in [-0.39, 0.29) is 19.0 Å². The van der Waals surface area contributed by atoms with Crippen molar-refractivity contribution in [1.82, 2.24) is 9.97 Å². The van der Waals surface area contributed by atoms with Crippen LogP contribution >= 0.6 is 0 Å². The minimum absolute atomic E-state index is 0.0420. The van der Waals surface area contributed by atoms with Crippen molar-refractivity contribution in [2.45, 2.75) is 0 Å². The Labute approximate surface area is 98.4 Å². The van der Waals surface area contributed by atoms with Crippen LogP contribution in [0, 0.1) is 0 Å². The molecule has 2 rings (SSSR count). The molecule has 1 aromatic heterocycles. The fraction of sp³-hybridized carbons (Fsp3) is 0.167. The maximum absolute atomic E-state index is 9.16. The van der Waals surface area contributed by atoms with Crippen molar-refractivity contribution in [3.05, 3.63) is 36.7 Å². The first-order chi connectivity index (χ1) is 8.29. The number of ether oxygens (including phenoxy) is 1. The first-order valence-corrected chi connectivity index (χ1v) is 5.14. The van der Waals surface area contributed by atoms with Crippen LogP contribution in [0.25, 0.3) is 11.4 Å². The Morgan fingerprint density at radius 2 is 1.71 bits per heavy atom. The molecule has 2 aromatic rings. The molecule has 5 nitrogen and oxygen atoms in total. The van der Waals surface area contributed by atoms with Gasteiger partial charge >= 0.3 is 0 Å². The van der Waals surface area contributed by atoms with Gasteiger partial charge < -0.3 is 14.9 Å². The smallest absolute Gasteiger partial charge is 0.159 e. The second-order valence-electron chi connectivity index (χ2n) is 3.36. The predicted molar refractivity (Wildman–Crippen MR) is 61.7 cm³/mol. The summed E-state index contributed by atoms with van der Waals surface area (Å²) in [4.78, 5) is 8.26. The number of hydrogen-bond donors (Lipinski definition) is 2. The van der Waals surface area contributed by atoms with Crippen LogP contribution in [0.5, 0.6) is 11.5 Å². The van der Waals surface area contributed by atoms with Gasteiger partial charge in [-0.15, -0.1) is 0 Å². The summed E-state index contributed by atoms with van der Waals surface area (Å²) in [7, 11) is 0. The van der Waals surface area contributed by atoms with E-state index in [2.05, 4.69) is 9.97 Å². The maximum atomic E-state index is 9.16. The lowest BCUT2D eigenvalue weighted by atomic mass is 10.2. The van der Waals surface area contributed by atoms with E-state index in [1.54, 1.807) is 36.7 Å². The van der Waals surface area contributed by atoms with Crippen LogP contribution in [0.3, 0.4) is 0 Å². The van der Waals surface area contributed by atoms with Gasteiger partial charge in [-0.25, -0.2) is 9.97 Å². The van der Waals surface area contributed by atoms with E-state index in [1.807, 2.05) is 0 Å². The van der Waals surface area contributed by atoms with Crippen molar-refractivity contribution >= 4 is 0 Å². The van der Waals surface area contributed by atoms with Crippen LogP contribution < -0.4 is 4.74 Å². The predicted octanol–water partition coefficient (Wildman–Crippen LogP) is 1.22. The highest BCUT2D eigenvalue weighted by Crippen LogP contribution is 2.19. The van der Waals surface area contributed by atoms with Gasteiger partial charge in [-0.2, -0.15) is 0 Å². The number of phenolic OH excluding ortho intramolecular Hbond substituents is 1. The molecule has 17 heavy (non-hydrogen) atoms. The zero-order valence-electron chi connectivity index (χ0n) is 9.08. The van der Waals surface area contributed by atoms with Crippen LogP contribution in [-0.4, -0.2) is 33.4 Å². The van der Waals surface area contributed by atoms with E-state index in [1.165, 1.54) is 0 Å². The molecule has 0 spiro atoms. The molecular weight excluding hydrogens is 220 g/mol. The van der Waals surface area contributed by atoms with Gasteiger partial charge in [0.2, 0.25) is 0 Å². The Morgan fingerprint density at radius 3 is 2.29 bits per heavy atom. The van der Waals surface area contributed by atoms with E-state index in [0.717, 1.165) is 5.56 Å². The largest absolute Gasteiger partial charge is 0.508 e. The number of rotatable bonds is 4. The van der Waals surface area contributed by atoms with Gasteiger partial charge in [-0.05, 0) is 24.3 Å². The number of aliphatic hydroxyl groups is 1. The second-order valence-corrected chi connectivity index (χ2v) is 3.36. The van der Waals surface area contributed by atoms with Crippen LogP contribution in [-0.2, 0) is 0 Å². The van der Waals surface area contributed by atoms with Gasteiger partial charge in [0, 0.05) is 5.56 Å². The fourth-order valence-corrected chi connectivity index (χ4v) is 1.31. The average molecular weight is 232 g/mol. The third-order valence-electron chi connectivity index (χ3n) is 2.11. The standard InChI is InChI=1S/C12H12N2O3/c15-5-6-17-11-7-13-12(14-8-11)9-1-3-10(16)4-2-9/h1-4,7-8,15-16H,5-6H2. The molecule has 0 aliphatic heterocycles. The quantitative estimate of drug-likeness (QED) is 0.829. The van der Waals surface area contributed by atoms with Crippen molar-refractivity contribution in [2.75, 3.05) is 13.2 Å². The second kappa shape index (κ2) is 5.27. The molecule has 1 heterocycles. The Morgan fingerprint density at radius 1 is 1.06 bits per heavy atom. The van der Waals surface area contributed by atoms with Gasteiger partial charge in [0.1, 0.15) is 12.4 Å². The highest BCUT2D eigenvalue weighted by atomic mass is 16.5. The number of benzene rings is 1. The lowest BCUT2D eigenvalue weighted by Gasteiger charge is -2.04. The number of aromatic nitrogens is 2. The monoisotopic (exact) mass is 232 g/mol. The van der Waals surface area contributed by atoms with Gasteiger partial charge in [0.15, 0.2) is 11.6 Å². The molecule has 0 aliphatic rings. The lowest BCUT2D eigenvalue weighted by Crippen LogP contribution is -2.02. The number of hydrogen-bond acceptors (Lipinski definition) is 5. The molecule has 5 heteroatoms. The van der Waals surface area contributed by atoms with Gasteiger partial charge in [0.05, 0.1) is 19.0 Å². The van der Waals surface area contributed by atoms with Gasteiger partial charge in [-0.3, -0.25) is 0 Å². The van der Waals surface area contributed by atoms with Crippen molar-refractivity contribution in [3.8, 4) is 22.9 Å². The Balaban J connectivity index is 2.14. The lowest BCUT2D eigenvalue weighted by molar-refractivity contribution is 0.200. The summed E-state index contributed by atoms with van der Waals surface area (Å²) in [5.41, 5.74) is 0.816. The summed E-state index contributed by atoms with van der Waals surface area (Å²) < 4.78 is 5.15.